The Bertz CT molecular complexity index is 1440. The highest BCUT2D eigenvalue weighted by Crippen LogP contribution is 2.31. The third-order valence-corrected chi connectivity index (χ3v) is 7.69. The number of aryl methyl sites for hydroxylation is 1. The minimum absolute atomic E-state index is 0.0365. The first kappa shape index (κ1) is 25.2. The van der Waals surface area contributed by atoms with Crippen LogP contribution in [0.5, 0.6) is 5.75 Å². The monoisotopic (exact) mass is 504 g/mol. The van der Waals surface area contributed by atoms with Gasteiger partial charge in [-0.25, -0.2) is 13.1 Å². The second-order valence-electron chi connectivity index (χ2n) is 8.78. The number of rotatable bonds is 8. The maximum Gasteiger partial charge on any atom is 0.262 e. The molecule has 1 unspecified atom stereocenters. The molecule has 0 radical (unpaired) electrons. The van der Waals surface area contributed by atoms with Gasteiger partial charge in [0.1, 0.15) is 23.1 Å². The van der Waals surface area contributed by atoms with E-state index in [1.165, 1.54) is 6.08 Å². The van der Waals surface area contributed by atoms with Crippen LogP contribution in [0.2, 0.25) is 0 Å². The van der Waals surface area contributed by atoms with Gasteiger partial charge in [0.05, 0.1) is 23.8 Å². The summed E-state index contributed by atoms with van der Waals surface area (Å²) in [5.74, 6) is 0.0917. The molecule has 8 nitrogen and oxygen atoms in total. The predicted octanol–water partition coefficient (Wildman–Crippen LogP) is 3.85. The van der Waals surface area contributed by atoms with Gasteiger partial charge in [-0.15, -0.1) is 0 Å². The van der Waals surface area contributed by atoms with Gasteiger partial charge in [0.15, 0.2) is 9.84 Å². The van der Waals surface area contributed by atoms with Crippen LogP contribution in [0.15, 0.2) is 60.3 Å². The maximum atomic E-state index is 12.8. The summed E-state index contributed by atoms with van der Waals surface area (Å²) in [6, 6.07) is 16.8. The lowest BCUT2D eigenvalue weighted by molar-refractivity contribution is -0.117. The molecule has 1 aliphatic heterocycles. The van der Waals surface area contributed by atoms with Crippen molar-refractivity contribution in [3.05, 3.63) is 71.4 Å². The molecule has 9 heteroatoms. The van der Waals surface area contributed by atoms with Crippen molar-refractivity contribution in [1.82, 2.24) is 15.1 Å². The fourth-order valence-electron chi connectivity index (χ4n) is 4.10. The number of sulfone groups is 1. The van der Waals surface area contributed by atoms with Gasteiger partial charge in [-0.3, -0.25) is 4.79 Å². The molecule has 1 aliphatic rings. The number of carbonyl (C=O) groups is 1. The summed E-state index contributed by atoms with van der Waals surface area (Å²) in [5.41, 5.74) is 3.71. The molecule has 0 aliphatic carbocycles. The topological polar surface area (TPSA) is 114 Å². The largest absolute Gasteiger partial charge is 0.494 e. The van der Waals surface area contributed by atoms with E-state index in [0.717, 1.165) is 29.0 Å². The number of nitrogens with zero attached hydrogens (tertiary/aromatic N) is 3. The second kappa shape index (κ2) is 10.8. The Labute approximate surface area is 211 Å². The van der Waals surface area contributed by atoms with E-state index < -0.39 is 21.8 Å². The number of hydrogen-bond donors (Lipinski definition) is 1. The molecule has 3 aromatic rings. The molecule has 4 rings (SSSR count). The Morgan fingerprint density at radius 2 is 2.06 bits per heavy atom. The summed E-state index contributed by atoms with van der Waals surface area (Å²) in [5, 5.41) is 17.2. The second-order valence-corrected chi connectivity index (χ2v) is 11.0. The van der Waals surface area contributed by atoms with Gasteiger partial charge in [-0.05, 0) is 61.7 Å². The molecule has 186 valence electrons. The molecular formula is C27H28N4O4S. The molecule has 1 amide bonds. The van der Waals surface area contributed by atoms with E-state index >= 15 is 0 Å². The lowest BCUT2D eigenvalue weighted by Gasteiger charge is -2.10. The maximum absolute atomic E-state index is 12.8. The number of benzene rings is 2. The van der Waals surface area contributed by atoms with Crippen LogP contribution in [0.25, 0.3) is 23.0 Å². The van der Waals surface area contributed by atoms with Gasteiger partial charge >= 0.3 is 0 Å². The molecule has 1 saturated heterocycles. The quantitative estimate of drug-likeness (QED) is 0.368. The number of amides is 1. The van der Waals surface area contributed by atoms with Crippen molar-refractivity contribution in [3.8, 4) is 28.8 Å². The van der Waals surface area contributed by atoms with E-state index in [9.17, 15) is 18.5 Å². The molecule has 1 aromatic heterocycles. The molecule has 2 heterocycles. The molecule has 2 aromatic carbocycles. The van der Waals surface area contributed by atoms with Crippen molar-refractivity contribution in [2.45, 2.75) is 32.7 Å². The third-order valence-electron chi connectivity index (χ3n) is 5.92. The highest BCUT2D eigenvalue weighted by Gasteiger charge is 2.29. The Balaban J connectivity index is 1.72. The van der Waals surface area contributed by atoms with E-state index in [-0.39, 0.29) is 17.1 Å². The zero-order valence-corrected chi connectivity index (χ0v) is 21.1. The lowest BCUT2D eigenvalue weighted by Crippen LogP contribution is -2.36. The lowest BCUT2D eigenvalue weighted by atomic mass is 10.0. The van der Waals surface area contributed by atoms with Gasteiger partial charge in [0.2, 0.25) is 0 Å². The molecular weight excluding hydrogens is 476 g/mol. The van der Waals surface area contributed by atoms with Crippen molar-refractivity contribution in [1.29, 1.82) is 5.26 Å². The first-order chi connectivity index (χ1) is 17.3. The van der Waals surface area contributed by atoms with E-state index in [2.05, 4.69) is 5.32 Å². The molecule has 0 bridgehead atoms. The predicted molar refractivity (Wildman–Crippen MR) is 138 cm³/mol. The van der Waals surface area contributed by atoms with Crippen LogP contribution in [0.4, 0.5) is 0 Å². The van der Waals surface area contributed by atoms with Crippen LogP contribution >= 0.6 is 0 Å². The van der Waals surface area contributed by atoms with Gasteiger partial charge < -0.3 is 10.1 Å². The van der Waals surface area contributed by atoms with Crippen LogP contribution in [-0.4, -0.2) is 48.3 Å². The number of nitriles is 1. The minimum atomic E-state index is -3.16. The van der Waals surface area contributed by atoms with E-state index in [0.29, 0.717) is 24.3 Å². The summed E-state index contributed by atoms with van der Waals surface area (Å²) in [6.07, 6.45) is 4.52. The van der Waals surface area contributed by atoms with Gasteiger partial charge in [0.25, 0.3) is 5.91 Å². The summed E-state index contributed by atoms with van der Waals surface area (Å²) in [4.78, 5) is 12.8. The average molecular weight is 505 g/mol. The fourth-order valence-corrected chi connectivity index (χ4v) is 5.78. The van der Waals surface area contributed by atoms with Crippen LogP contribution in [-0.2, 0) is 14.6 Å². The number of hydrogen-bond acceptors (Lipinski definition) is 6. The van der Waals surface area contributed by atoms with Crippen molar-refractivity contribution < 1.29 is 17.9 Å². The SMILES string of the molecule is CCCOc1ccc(-c2nn(-c3ccccc3)cc2C=C(C#N)C(=O)NC2CCS(=O)(=O)C2)c(C)c1. The van der Waals surface area contributed by atoms with Gasteiger partial charge in [0, 0.05) is 23.4 Å². The standard InChI is InChI=1S/C27H28N4O4S/c1-3-12-35-24-9-10-25(19(2)14-24)26-21(17-31(30-26)23-7-5-4-6-8-23)15-20(16-28)27(32)29-22-11-13-36(33,34)18-22/h4-10,14-15,17,22H,3,11-13,18H2,1-2H3,(H,29,32). The Morgan fingerprint density at radius 3 is 2.69 bits per heavy atom. The van der Waals surface area contributed by atoms with E-state index in [4.69, 9.17) is 9.84 Å². The molecule has 36 heavy (non-hydrogen) atoms. The Hall–Kier alpha value is -3.90. The molecule has 0 saturated carbocycles. The molecule has 1 atom stereocenters. The van der Waals surface area contributed by atoms with Gasteiger partial charge in [-0.2, -0.15) is 10.4 Å². The molecule has 1 N–H and O–H groups in total. The van der Waals surface area contributed by atoms with Crippen LogP contribution in [0.1, 0.15) is 30.9 Å². The first-order valence-corrected chi connectivity index (χ1v) is 13.6. The molecule has 1 fully saturated rings. The fraction of sp³-hybridized carbons (Fsp3) is 0.296. The van der Waals surface area contributed by atoms with E-state index in [1.54, 1.807) is 10.9 Å². The Kier molecular flexibility index (Phi) is 7.55. The van der Waals surface area contributed by atoms with Crippen LogP contribution in [0.3, 0.4) is 0 Å². The number of ether oxygens (including phenoxy) is 1. The summed E-state index contributed by atoms with van der Waals surface area (Å²) in [6.45, 7) is 4.63. The normalized spacial score (nSPS) is 16.9. The highest BCUT2D eigenvalue weighted by atomic mass is 32.2. The zero-order chi connectivity index (χ0) is 25.7. The van der Waals surface area contributed by atoms with E-state index in [1.807, 2.05) is 68.4 Å². The summed E-state index contributed by atoms with van der Waals surface area (Å²) in [7, 11) is -3.16. The third kappa shape index (κ3) is 5.83. The van der Waals surface area contributed by atoms with Crippen LogP contribution in [0, 0.1) is 18.3 Å². The van der Waals surface area contributed by atoms with Crippen molar-refractivity contribution >= 4 is 21.8 Å². The smallest absolute Gasteiger partial charge is 0.262 e. The number of aromatic nitrogens is 2. The van der Waals surface area contributed by atoms with Gasteiger partial charge in [-0.1, -0.05) is 25.1 Å². The summed E-state index contributed by atoms with van der Waals surface area (Å²) < 4.78 is 31.0. The van der Waals surface area contributed by atoms with Crippen molar-refractivity contribution in [2.75, 3.05) is 18.1 Å². The Morgan fingerprint density at radius 1 is 1.28 bits per heavy atom. The van der Waals surface area contributed by atoms with Crippen molar-refractivity contribution in [3.63, 3.8) is 0 Å². The summed E-state index contributed by atoms with van der Waals surface area (Å²) >= 11 is 0. The minimum Gasteiger partial charge on any atom is -0.494 e. The van der Waals surface area contributed by atoms with Crippen molar-refractivity contribution in [2.24, 2.45) is 0 Å². The average Bonchev–Trinajstić information content (AvgIpc) is 3.44. The number of nitrogens with one attached hydrogen (secondary N) is 1. The first-order valence-electron chi connectivity index (χ1n) is 11.8. The number of para-hydroxylation sites is 1. The number of carbonyl (C=O) groups excluding carboxylic acids is 1. The van der Waals surface area contributed by atoms with Crippen LogP contribution < -0.4 is 10.1 Å². The highest BCUT2D eigenvalue weighted by molar-refractivity contribution is 7.91. The molecule has 0 spiro atoms. The zero-order valence-electron chi connectivity index (χ0n) is 20.3.